The molecule has 1 saturated carbocycles. The van der Waals surface area contributed by atoms with E-state index >= 15 is 0 Å². The van der Waals surface area contributed by atoms with Gasteiger partial charge in [-0.15, -0.1) is 6.58 Å². The van der Waals surface area contributed by atoms with E-state index in [0.717, 1.165) is 17.8 Å². The summed E-state index contributed by atoms with van der Waals surface area (Å²) in [6.07, 6.45) is 6.29. The molecule has 50 heavy (non-hydrogen) atoms. The second kappa shape index (κ2) is 19.5. The molecule has 0 radical (unpaired) electrons. The van der Waals surface area contributed by atoms with Gasteiger partial charge in [0, 0.05) is 17.3 Å². The average Bonchev–Trinajstić information content (AvgIpc) is 3.79. The first kappa shape index (κ1) is 40.7. The SMILES string of the molecule is C=CC.C=CCOc1c(C(=O)Nc2ccc(C(=O)OC(C)(C)C)cc2)ccc(NC=O)c1OC(C)C.Cc1ccc(NC(=O)C2CC2C)cn1. The fourth-order valence-electron chi connectivity index (χ4n) is 4.25. The zero-order valence-electron chi connectivity index (χ0n) is 30.3. The maximum absolute atomic E-state index is 13.1. The van der Waals surface area contributed by atoms with Gasteiger partial charge in [-0.1, -0.05) is 25.7 Å². The van der Waals surface area contributed by atoms with E-state index in [0.29, 0.717) is 29.3 Å². The summed E-state index contributed by atoms with van der Waals surface area (Å²) in [6.45, 7) is 22.0. The lowest BCUT2D eigenvalue weighted by molar-refractivity contribution is -0.117. The number of hydrogen-bond donors (Lipinski definition) is 3. The van der Waals surface area contributed by atoms with Crippen molar-refractivity contribution in [2.75, 3.05) is 22.6 Å². The van der Waals surface area contributed by atoms with Crippen LogP contribution in [0, 0.1) is 18.8 Å². The van der Waals surface area contributed by atoms with Crippen LogP contribution in [0.4, 0.5) is 17.1 Å². The minimum Gasteiger partial charge on any atom is -0.485 e. The van der Waals surface area contributed by atoms with E-state index in [9.17, 15) is 19.2 Å². The molecule has 268 valence electrons. The number of aromatic nitrogens is 1. The quantitative estimate of drug-likeness (QED) is 0.0988. The van der Waals surface area contributed by atoms with Gasteiger partial charge >= 0.3 is 5.97 Å². The van der Waals surface area contributed by atoms with E-state index in [1.807, 2.05) is 39.8 Å². The highest BCUT2D eigenvalue weighted by atomic mass is 16.6. The number of aryl methyl sites for hydroxylation is 1. The van der Waals surface area contributed by atoms with Crippen molar-refractivity contribution in [3.8, 4) is 11.5 Å². The van der Waals surface area contributed by atoms with Crippen molar-refractivity contribution in [2.45, 2.75) is 73.5 Å². The standard InChI is InChI=1S/C25H30N2O6.C11H14N2O.C3H6/c1-7-14-31-21-19(12-13-20(26-15-28)22(21)32-16(2)3)23(29)27-18-10-8-17(9-11-18)24(30)33-25(4,5)6;1-7-5-10(7)11(14)13-9-4-3-8(2)12-6-9;1-3-2/h7-13,15-16H,1,14H2,2-6H3,(H,26,28)(H,27,29);3-4,6-7,10H,5H2,1-2H3,(H,13,14);3H,1H2,2H3. The number of nitrogens with zero attached hydrogens (tertiary/aromatic N) is 1. The number of carbonyl (C=O) groups is 4. The third kappa shape index (κ3) is 13.6. The maximum Gasteiger partial charge on any atom is 0.338 e. The van der Waals surface area contributed by atoms with Crippen LogP contribution < -0.4 is 25.4 Å². The Morgan fingerprint density at radius 1 is 0.980 bits per heavy atom. The van der Waals surface area contributed by atoms with Crippen molar-refractivity contribution < 1.29 is 33.4 Å². The van der Waals surface area contributed by atoms with Gasteiger partial charge in [-0.05, 0) is 109 Å². The van der Waals surface area contributed by atoms with Crippen molar-refractivity contribution >= 4 is 41.3 Å². The molecule has 4 rings (SSSR count). The molecule has 11 heteroatoms. The summed E-state index contributed by atoms with van der Waals surface area (Å²) in [6, 6.07) is 13.2. The van der Waals surface area contributed by atoms with Crippen LogP contribution >= 0.6 is 0 Å². The predicted octanol–water partition coefficient (Wildman–Crippen LogP) is 7.99. The van der Waals surface area contributed by atoms with Crippen molar-refractivity contribution in [1.82, 2.24) is 4.98 Å². The lowest BCUT2D eigenvalue weighted by Gasteiger charge is -2.20. The zero-order chi connectivity index (χ0) is 37.4. The monoisotopic (exact) mass is 686 g/mol. The van der Waals surface area contributed by atoms with Gasteiger partial charge in [-0.3, -0.25) is 19.4 Å². The van der Waals surface area contributed by atoms with Crippen molar-refractivity contribution in [1.29, 1.82) is 0 Å². The largest absolute Gasteiger partial charge is 0.485 e. The second-order valence-corrected chi connectivity index (χ2v) is 12.8. The number of amides is 3. The third-order valence-corrected chi connectivity index (χ3v) is 6.67. The molecule has 0 bridgehead atoms. The van der Waals surface area contributed by atoms with Crippen LogP contribution in [0.3, 0.4) is 0 Å². The molecule has 0 saturated heterocycles. The van der Waals surface area contributed by atoms with Crippen LogP contribution in [0.25, 0.3) is 0 Å². The van der Waals surface area contributed by atoms with Crippen molar-refractivity contribution in [3.63, 3.8) is 0 Å². The van der Waals surface area contributed by atoms with Gasteiger partial charge in [0.25, 0.3) is 5.91 Å². The minimum atomic E-state index is -0.605. The van der Waals surface area contributed by atoms with Gasteiger partial charge < -0.3 is 30.2 Å². The molecule has 2 unspecified atom stereocenters. The Kier molecular flexibility index (Phi) is 15.9. The number of esters is 1. The maximum atomic E-state index is 13.1. The number of benzene rings is 2. The van der Waals surface area contributed by atoms with E-state index in [1.165, 1.54) is 12.1 Å². The van der Waals surface area contributed by atoms with Crippen LogP contribution in [0.2, 0.25) is 0 Å². The first-order valence-electron chi connectivity index (χ1n) is 16.4. The van der Waals surface area contributed by atoms with E-state index in [2.05, 4.69) is 41.0 Å². The Morgan fingerprint density at radius 2 is 1.60 bits per heavy atom. The number of allylic oxidation sites excluding steroid dienone is 1. The van der Waals surface area contributed by atoms with Gasteiger partial charge in [-0.25, -0.2) is 4.79 Å². The molecule has 1 aliphatic rings. The lowest BCUT2D eigenvalue weighted by atomic mass is 10.1. The Hall–Kier alpha value is -5.45. The van der Waals surface area contributed by atoms with Gasteiger partial charge in [-0.2, -0.15) is 0 Å². The molecule has 11 nitrogen and oxygen atoms in total. The smallest absolute Gasteiger partial charge is 0.338 e. The van der Waals surface area contributed by atoms with E-state index in [1.54, 1.807) is 63.4 Å². The highest BCUT2D eigenvalue weighted by molar-refractivity contribution is 6.07. The molecule has 2 aromatic carbocycles. The number of carbonyl (C=O) groups excluding carboxylic acids is 4. The molecule has 0 spiro atoms. The molecule has 3 amide bonds. The minimum absolute atomic E-state index is 0.128. The molecular formula is C39H50N4O7. The lowest BCUT2D eigenvalue weighted by Crippen LogP contribution is -2.23. The van der Waals surface area contributed by atoms with E-state index < -0.39 is 17.5 Å². The van der Waals surface area contributed by atoms with Crippen LogP contribution in [0.5, 0.6) is 11.5 Å². The summed E-state index contributed by atoms with van der Waals surface area (Å²) < 4.78 is 16.9. The van der Waals surface area contributed by atoms with Gasteiger partial charge in [0.1, 0.15) is 12.2 Å². The Bertz CT molecular complexity index is 1610. The fraction of sp³-hybridized carbons (Fsp3) is 0.359. The number of pyridine rings is 1. The summed E-state index contributed by atoms with van der Waals surface area (Å²) in [5.41, 5.74) is 2.57. The Morgan fingerprint density at radius 3 is 2.10 bits per heavy atom. The number of anilines is 3. The molecule has 0 aliphatic heterocycles. The molecule has 2 atom stereocenters. The summed E-state index contributed by atoms with van der Waals surface area (Å²) in [7, 11) is 0. The number of nitrogens with one attached hydrogen (secondary N) is 3. The third-order valence-electron chi connectivity index (χ3n) is 6.67. The predicted molar refractivity (Wildman–Crippen MR) is 198 cm³/mol. The number of rotatable bonds is 12. The van der Waals surface area contributed by atoms with E-state index in [-0.39, 0.29) is 41.6 Å². The van der Waals surface area contributed by atoms with E-state index in [4.69, 9.17) is 14.2 Å². The zero-order valence-corrected chi connectivity index (χ0v) is 30.3. The van der Waals surface area contributed by atoms with Crippen LogP contribution in [-0.2, 0) is 14.3 Å². The molecule has 3 N–H and O–H groups in total. The Balaban J connectivity index is 0.000000418. The molecule has 1 fully saturated rings. The van der Waals surface area contributed by atoms with Crippen LogP contribution in [-0.4, -0.2) is 47.5 Å². The second-order valence-electron chi connectivity index (χ2n) is 12.8. The van der Waals surface area contributed by atoms with Crippen molar-refractivity contribution in [2.24, 2.45) is 11.8 Å². The van der Waals surface area contributed by atoms with Gasteiger partial charge in [0.05, 0.1) is 34.8 Å². The Labute approximate surface area is 295 Å². The first-order valence-corrected chi connectivity index (χ1v) is 16.4. The van der Waals surface area contributed by atoms with Gasteiger partial charge in [0.15, 0.2) is 11.5 Å². The highest BCUT2D eigenvalue weighted by Gasteiger charge is 2.39. The first-order chi connectivity index (χ1) is 23.6. The molecule has 3 aromatic rings. The summed E-state index contributed by atoms with van der Waals surface area (Å²) in [5, 5.41) is 8.20. The van der Waals surface area contributed by atoms with Crippen LogP contribution in [0.15, 0.2) is 80.0 Å². The topological polar surface area (TPSA) is 145 Å². The normalized spacial score (nSPS) is 14.3. The van der Waals surface area contributed by atoms with Gasteiger partial charge in [0.2, 0.25) is 12.3 Å². The fourth-order valence-corrected chi connectivity index (χ4v) is 4.25. The highest BCUT2D eigenvalue weighted by Crippen LogP contribution is 2.40. The molecule has 1 heterocycles. The molecular weight excluding hydrogens is 636 g/mol. The number of hydrogen-bond acceptors (Lipinski definition) is 8. The average molecular weight is 687 g/mol. The van der Waals surface area contributed by atoms with Crippen molar-refractivity contribution in [3.05, 3.63) is 96.9 Å². The summed E-state index contributed by atoms with van der Waals surface area (Å²) >= 11 is 0. The van der Waals surface area contributed by atoms with Crippen LogP contribution in [0.1, 0.15) is 81.3 Å². The molecule has 1 aliphatic carbocycles. The molecule has 1 aromatic heterocycles. The number of ether oxygens (including phenoxy) is 3. The summed E-state index contributed by atoms with van der Waals surface area (Å²) in [4.78, 5) is 51.9. The summed E-state index contributed by atoms with van der Waals surface area (Å²) in [5.74, 6) is 0.414.